The number of nitrogens with zero attached hydrogens (tertiary/aromatic N) is 1. The number of cyclic esters (lactones) is 1. The van der Waals surface area contributed by atoms with Gasteiger partial charge in [0.2, 0.25) is 0 Å². The number of allylic oxidation sites excluding steroid dienone is 1. The molecule has 0 spiro atoms. The number of esters is 1. The van der Waals surface area contributed by atoms with Crippen LogP contribution in [-0.4, -0.2) is 49.1 Å². The fourth-order valence-electron chi connectivity index (χ4n) is 5.56. The molecule has 51 heavy (non-hydrogen) atoms. The number of benzene rings is 3. The van der Waals surface area contributed by atoms with Crippen molar-refractivity contribution in [1.82, 2.24) is 4.90 Å². The van der Waals surface area contributed by atoms with Gasteiger partial charge in [0.05, 0.1) is 44.0 Å². The lowest BCUT2D eigenvalue weighted by atomic mass is 9.94. The van der Waals surface area contributed by atoms with E-state index in [2.05, 4.69) is 6.58 Å². The average molecular weight is 726 g/mol. The molecule has 4 rings (SSSR count). The van der Waals surface area contributed by atoms with E-state index in [1.807, 2.05) is 0 Å². The van der Waals surface area contributed by atoms with Crippen molar-refractivity contribution < 1.29 is 64.1 Å². The Kier molecular flexibility index (Phi) is 12.0. The van der Waals surface area contributed by atoms with Gasteiger partial charge in [0, 0.05) is 23.6 Å². The van der Waals surface area contributed by atoms with Gasteiger partial charge in [-0.2, -0.15) is 26.3 Å². The lowest BCUT2D eigenvalue weighted by Gasteiger charge is -2.24. The highest BCUT2D eigenvalue weighted by molar-refractivity contribution is 6.04. The van der Waals surface area contributed by atoms with Crippen molar-refractivity contribution in [2.24, 2.45) is 0 Å². The average Bonchev–Trinajstić information content (AvgIpc) is 3.35. The molecule has 0 N–H and O–H groups in total. The monoisotopic (exact) mass is 725 g/mol. The second-order valence-corrected chi connectivity index (χ2v) is 11.5. The molecule has 1 saturated heterocycles. The molecule has 8 nitrogen and oxygen atoms in total. The number of unbranched alkanes of at least 4 members (excludes halogenated alkanes) is 1. The van der Waals surface area contributed by atoms with Crippen LogP contribution in [-0.2, 0) is 33.2 Å². The van der Waals surface area contributed by atoms with Crippen LogP contribution in [0.3, 0.4) is 0 Å². The number of carbonyl (C=O) groups is 3. The van der Waals surface area contributed by atoms with Gasteiger partial charge >= 0.3 is 24.4 Å². The summed E-state index contributed by atoms with van der Waals surface area (Å²) in [6.45, 7) is 6.52. The maximum Gasteiger partial charge on any atom is 0.416 e. The second kappa shape index (κ2) is 15.9. The zero-order valence-electron chi connectivity index (χ0n) is 27.8. The van der Waals surface area contributed by atoms with E-state index in [0.29, 0.717) is 30.5 Å². The highest BCUT2D eigenvalue weighted by Gasteiger charge is 2.43. The van der Waals surface area contributed by atoms with Gasteiger partial charge < -0.3 is 18.9 Å². The number of alkyl halides is 6. The highest BCUT2D eigenvalue weighted by Crippen LogP contribution is 2.43. The standard InChI is InChI=1S/C36H34F7NO7/c1-5-29(45)21-10-11-26(27-17-31(28(37)18-30(27)48-4)50-12-8-7-9-32(46)49-6-2)23(13-21)19-44-20(3)33(51-34(44)47)22-14-24(35(38,39)40)16-25(15-22)36(41,42)43/h5,10-11,13-18,20,33H,1,6-9,12,19H2,2-4H3. The summed E-state index contributed by atoms with van der Waals surface area (Å²) in [5.74, 6) is -1.74. The Balaban J connectivity index is 1.70. The third-order valence-corrected chi connectivity index (χ3v) is 8.13. The van der Waals surface area contributed by atoms with Crippen LogP contribution < -0.4 is 9.47 Å². The molecule has 1 fully saturated rings. The van der Waals surface area contributed by atoms with E-state index in [-0.39, 0.29) is 66.4 Å². The number of halogens is 7. The molecule has 1 amide bonds. The van der Waals surface area contributed by atoms with Crippen molar-refractivity contribution >= 4 is 17.8 Å². The van der Waals surface area contributed by atoms with Crippen LogP contribution in [0.25, 0.3) is 11.1 Å². The van der Waals surface area contributed by atoms with Crippen LogP contribution in [0.15, 0.2) is 61.2 Å². The number of amides is 1. The molecule has 274 valence electrons. The lowest BCUT2D eigenvalue weighted by molar-refractivity contribution is -0.144. The van der Waals surface area contributed by atoms with Gasteiger partial charge in [-0.25, -0.2) is 9.18 Å². The summed E-state index contributed by atoms with van der Waals surface area (Å²) in [5, 5.41) is 0. The normalized spacial score (nSPS) is 16.1. The molecule has 3 aromatic rings. The number of ether oxygens (including phenoxy) is 4. The minimum Gasteiger partial charge on any atom is -0.496 e. The first kappa shape index (κ1) is 38.7. The van der Waals surface area contributed by atoms with Crippen molar-refractivity contribution in [3.63, 3.8) is 0 Å². The fourth-order valence-corrected chi connectivity index (χ4v) is 5.56. The van der Waals surface area contributed by atoms with Gasteiger partial charge in [0.25, 0.3) is 0 Å². The van der Waals surface area contributed by atoms with Gasteiger partial charge in [-0.05, 0) is 79.8 Å². The molecule has 0 aromatic heterocycles. The summed E-state index contributed by atoms with van der Waals surface area (Å²) in [4.78, 5) is 38.5. The predicted octanol–water partition coefficient (Wildman–Crippen LogP) is 9.10. The van der Waals surface area contributed by atoms with Gasteiger partial charge in [0.1, 0.15) is 11.9 Å². The first-order valence-corrected chi connectivity index (χ1v) is 15.7. The zero-order valence-corrected chi connectivity index (χ0v) is 27.8. The summed E-state index contributed by atoms with van der Waals surface area (Å²) in [7, 11) is 1.29. The van der Waals surface area contributed by atoms with Crippen molar-refractivity contribution in [2.45, 2.75) is 64.2 Å². The highest BCUT2D eigenvalue weighted by atomic mass is 19.4. The Morgan fingerprint density at radius 2 is 1.61 bits per heavy atom. The van der Waals surface area contributed by atoms with E-state index < -0.39 is 58.9 Å². The zero-order chi connectivity index (χ0) is 37.7. The molecular weight excluding hydrogens is 691 g/mol. The van der Waals surface area contributed by atoms with E-state index in [4.69, 9.17) is 18.9 Å². The van der Waals surface area contributed by atoms with Gasteiger partial charge in [0.15, 0.2) is 17.3 Å². The maximum absolute atomic E-state index is 15.1. The third kappa shape index (κ3) is 9.18. The summed E-state index contributed by atoms with van der Waals surface area (Å²) in [6, 6.07) is 6.72. The van der Waals surface area contributed by atoms with Gasteiger partial charge in [-0.1, -0.05) is 18.7 Å². The van der Waals surface area contributed by atoms with Crippen LogP contribution in [0, 0.1) is 5.82 Å². The number of methoxy groups -OCH3 is 1. The summed E-state index contributed by atoms with van der Waals surface area (Å²) >= 11 is 0. The van der Waals surface area contributed by atoms with Crippen LogP contribution in [0.1, 0.15) is 71.8 Å². The van der Waals surface area contributed by atoms with Crippen LogP contribution in [0.5, 0.6) is 11.5 Å². The van der Waals surface area contributed by atoms with Crippen molar-refractivity contribution in [1.29, 1.82) is 0 Å². The number of carbonyl (C=O) groups excluding carboxylic acids is 3. The SMILES string of the molecule is C=CC(=O)c1ccc(-c2cc(OCCCCC(=O)OCC)c(F)cc2OC)c(CN2C(=O)OC(c3cc(C(F)(F)F)cc(C(F)(F)F)c3)C2C)c1. The maximum atomic E-state index is 15.1. The predicted molar refractivity (Wildman–Crippen MR) is 170 cm³/mol. The topological polar surface area (TPSA) is 91.4 Å². The van der Waals surface area contributed by atoms with E-state index in [0.717, 1.165) is 17.0 Å². The molecule has 1 aliphatic heterocycles. The first-order valence-electron chi connectivity index (χ1n) is 15.7. The molecule has 1 aliphatic rings. The van der Waals surface area contributed by atoms with Crippen LogP contribution in [0.4, 0.5) is 35.5 Å². The van der Waals surface area contributed by atoms with E-state index in [1.165, 1.54) is 38.3 Å². The number of ketones is 1. The Morgan fingerprint density at radius 3 is 2.20 bits per heavy atom. The fraction of sp³-hybridized carbons (Fsp3) is 0.361. The second-order valence-electron chi connectivity index (χ2n) is 11.5. The Bertz CT molecular complexity index is 1760. The lowest BCUT2D eigenvalue weighted by Crippen LogP contribution is -2.31. The molecule has 0 radical (unpaired) electrons. The Labute approximate surface area is 288 Å². The van der Waals surface area contributed by atoms with E-state index >= 15 is 4.39 Å². The van der Waals surface area contributed by atoms with Crippen molar-refractivity contribution in [2.75, 3.05) is 20.3 Å². The van der Waals surface area contributed by atoms with Gasteiger partial charge in [-0.15, -0.1) is 0 Å². The minimum absolute atomic E-state index is 0.0192. The number of rotatable bonds is 14. The molecule has 3 aromatic carbocycles. The van der Waals surface area contributed by atoms with Crippen molar-refractivity contribution in [3.05, 3.63) is 94.8 Å². The quantitative estimate of drug-likeness (QED) is 0.0539. The summed E-state index contributed by atoms with van der Waals surface area (Å²) in [6.07, 6.45) is -10.8. The molecule has 0 bridgehead atoms. The van der Waals surface area contributed by atoms with E-state index in [1.54, 1.807) is 6.92 Å². The van der Waals surface area contributed by atoms with Crippen LogP contribution >= 0.6 is 0 Å². The molecule has 0 saturated carbocycles. The summed E-state index contributed by atoms with van der Waals surface area (Å²) < 4.78 is 118. The number of hydrogen-bond acceptors (Lipinski definition) is 7. The third-order valence-electron chi connectivity index (χ3n) is 8.13. The molecule has 2 unspecified atom stereocenters. The molecule has 0 aliphatic carbocycles. The number of hydrogen-bond donors (Lipinski definition) is 0. The largest absolute Gasteiger partial charge is 0.496 e. The molecular formula is C36H34F7NO7. The van der Waals surface area contributed by atoms with Crippen molar-refractivity contribution in [3.8, 4) is 22.6 Å². The Morgan fingerprint density at radius 1 is 0.941 bits per heavy atom. The summed E-state index contributed by atoms with van der Waals surface area (Å²) in [5.41, 5.74) is -2.61. The molecule has 15 heteroatoms. The smallest absolute Gasteiger partial charge is 0.416 e. The first-order chi connectivity index (χ1) is 24.0. The van der Waals surface area contributed by atoms with Crippen LogP contribution in [0.2, 0.25) is 0 Å². The van der Waals surface area contributed by atoms with Gasteiger partial charge in [-0.3, -0.25) is 14.5 Å². The molecule has 2 atom stereocenters. The Hall–Kier alpha value is -5.08. The minimum atomic E-state index is -5.12. The van der Waals surface area contributed by atoms with E-state index in [9.17, 15) is 40.7 Å². The molecule has 1 heterocycles.